The molecule has 0 aliphatic carbocycles. The van der Waals surface area contributed by atoms with Crippen LogP contribution in [0.4, 0.5) is 5.69 Å². The lowest BCUT2D eigenvalue weighted by molar-refractivity contribution is 0.0965. The van der Waals surface area contributed by atoms with Crippen molar-refractivity contribution >= 4 is 17.5 Å². The first kappa shape index (κ1) is 17.7. The van der Waals surface area contributed by atoms with Crippen LogP contribution < -0.4 is 16.0 Å². The lowest BCUT2D eigenvalue weighted by Crippen LogP contribution is -2.28. The van der Waals surface area contributed by atoms with E-state index in [1.807, 2.05) is 25.1 Å². The van der Waals surface area contributed by atoms with Gasteiger partial charge in [0.2, 0.25) is 5.91 Å². The molecule has 0 aromatic heterocycles. The molecule has 5 nitrogen and oxygen atoms in total. The van der Waals surface area contributed by atoms with E-state index in [9.17, 15) is 9.59 Å². The molecule has 2 aromatic rings. The third-order valence-electron chi connectivity index (χ3n) is 5.83. The van der Waals surface area contributed by atoms with Crippen molar-refractivity contribution in [2.45, 2.75) is 32.2 Å². The minimum Gasteiger partial charge on any atom is -0.366 e. The van der Waals surface area contributed by atoms with Crippen LogP contribution in [0.1, 0.15) is 57.7 Å². The van der Waals surface area contributed by atoms with Gasteiger partial charge in [0.25, 0.3) is 5.91 Å². The van der Waals surface area contributed by atoms with E-state index in [0.29, 0.717) is 11.1 Å². The van der Waals surface area contributed by atoms with Crippen molar-refractivity contribution in [3.05, 3.63) is 64.7 Å². The van der Waals surface area contributed by atoms with Crippen LogP contribution in [0.25, 0.3) is 0 Å². The maximum Gasteiger partial charge on any atom is 0.260 e. The van der Waals surface area contributed by atoms with E-state index in [0.717, 1.165) is 36.7 Å². The summed E-state index contributed by atoms with van der Waals surface area (Å²) < 4.78 is 0. The van der Waals surface area contributed by atoms with Crippen LogP contribution in [0.2, 0.25) is 0 Å². The van der Waals surface area contributed by atoms with Crippen molar-refractivity contribution in [3.8, 4) is 0 Å². The van der Waals surface area contributed by atoms with E-state index >= 15 is 0 Å². The Labute approximate surface area is 159 Å². The Balaban J connectivity index is 1.57. The lowest BCUT2D eigenvalue weighted by Gasteiger charge is -2.24. The molecule has 1 atom stereocenters. The van der Waals surface area contributed by atoms with Gasteiger partial charge in [0.05, 0.1) is 17.2 Å². The van der Waals surface area contributed by atoms with Gasteiger partial charge in [0.15, 0.2) is 0 Å². The molecule has 0 radical (unpaired) electrons. The van der Waals surface area contributed by atoms with Gasteiger partial charge >= 0.3 is 0 Å². The Bertz CT molecular complexity index is 870. The van der Waals surface area contributed by atoms with E-state index in [1.54, 1.807) is 17.0 Å². The summed E-state index contributed by atoms with van der Waals surface area (Å²) in [5.74, 6) is 0.0106. The normalized spacial score (nSPS) is 20.0. The molecule has 2 aliphatic rings. The number of nitrogens with zero attached hydrogens (tertiary/aromatic N) is 1. The number of nitrogens with two attached hydrogens (primary N) is 1. The third kappa shape index (κ3) is 3.23. The monoisotopic (exact) mass is 363 g/mol. The van der Waals surface area contributed by atoms with Gasteiger partial charge in [-0.25, -0.2) is 0 Å². The first-order valence-corrected chi connectivity index (χ1v) is 9.62. The van der Waals surface area contributed by atoms with Crippen molar-refractivity contribution in [1.29, 1.82) is 0 Å². The molecule has 140 valence electrons. The number of carbonyl (C=O) groups excluding carboxylic acids is 2. The molecular formula is C22H25N3O2. The van der Waals surface area contributed by atoms with Gasteiger partial charge in [-0.05, 0) is 74.5 Å². The van der Waals surface area contributed by atoms with E-state index < -0.39 is 5.91 Å². The van der Waals surface area contributed by atoms with Gasteiger partial charge in [0.1, 0.15) is 0 Å². The number of fused-ring (bicyclic) bond motifs is 1. The number of piperidine rings is 1. The second kappa shape index (κ2) is 7.16. The standard InChI is InChI=1S/C22H25N3O2/c1-14-18-3-2-4-19(21(23)26)20(18)22(27)25(14)17-7-5-15(6-8-17)13-16-9-11-24-12-10-16/h2-8,14,16,24H,9-13H2,1H3,(H2,23,26). The van der Waals surface area contributed by atoms with Crippen molar-refractivity contribution in [3.63, 3.8) is 0 Å². The van der Waals surface area contributed by atoms with Crippen molar-refractivity contribution < 1.29 is 9.59 Å². The molecule has 1 unspecified atom stereocenters. The molecule has 2 aliphatic heterocycles. The van der Waals surface area contributed by atoms with Crippen LogP contribution >= 0.6 is 0 Å². The first-order chi connectivity index (χ1) is 13.1. The molecule has 2 heterocycles. The molecule has 27 heavy (non-hydrogen) atoms. The number of anilines is 1. The summed E-state index contributed by atoms with van der Waals surface area (Å²) in [4.78, 5) is 26.5. The summed E-state index contributed by atoms with van der Waals surface area (Å²) >= 11 is 0. The van der Waals surface area contributed by atoms with Gasteiger partial charge in [-0.1, -0.05) is 24.3 Å². The molecule has 3 N–H and O–H groups in total. The summed E-state index contributed by atoms with van der Waals surface area (Å²) in [6.45, 7) is 4.18. The second-order valence-electron chi connectivity index (χ2n) is 7.55. The molecule has 1 saturated heterocycles. The number of benzene rings is 2. The summed E-state index contributed by atoms with van der Waals surface area (Å²) in [5, 5.41) is 3.40. The highest BCUT2D eigenvalue weighted by molar-refractivity contribution is 6.16. The fraction of sp³-hybridized carbons (Fsp3) is 0.364. The molecule has 4 rings (SSSR count). The predicted molar refractivity (Wildman–Crippen MR) is 106 cm³/mol. The molecule has 2 aromatic carbocycles. The molecule has 5 heteroatoms. The smallest absolute Gasteiger partial charge is 0.260 e. The molecule has 0 saturated carbocycles. The molecule has 0 bridgehead atoms. The van der Waals surface area contributed by atoms with Crippen LogP contribution in [0.3, 0.4) is 0 Å². The lowest BCUT2D eigenvalue weighted by atomic mass is 9.91. The molecule has 0 spiro atoms. The van der Waals surface area contributed by atoms with Gasteiger partial charge in [-0.3, -0.25) is 9.59 Å². The Morgan fingerprint density at radius 2 is 1.85 bits per heavy atom. The van der Waals surface area contributed by atoms with Crippen molar-refractivity contribution in [2.75, 3.05) is 18.0 Å². The molecule has 1 fully saturated rings. The second-order valence-corrected chi connectivity index (χ2v) is 7.55. The summed E-state index contributed by atoms with van der Waals surface area (Å²) in [5.41, 5.74) is 9.23. The van der Waals surface area contributed by atoms with Gasteiger partial charge in [0, 0.05) is 5.69 Å². The summed E-state index contributed by atoms with van der Waals surface area (Å²) in [6, 6.07) is 13.5. The number of rotatable bonds is 4. The van der Waals surface area contributed by atoms with Crippen LogP contribution in [0.5, 0.6) is 0 Å². The largest absolute Gasteiger partial charge is 0.366 e. The summed E-state index contributed by atoms with van der Waals surface area (Å²) in [6.07, 6.45) is 3.51. The quantitative estimate of drug-likeness (QED) is 0.877. The van der Waals surface area contributed by atoms with Crippen molar-refractivity contribution in [1.82, 2.24) is 5.32 Å². The maximum absolute atomic E-state index is 13.0. The maximum atomic E-state index is 13.0. The topological polar surface area (TPSA) is 75.4 Å². The zero-order valence-electron chi connectivity index (χ0n) is 15.6. The minimum absolute atomic E-state index is 0.123. The number of hydrogen-bond donors (Lipinski definition) is 2. The Hall–Kier alpha value is -2.66. The van der Waals surface area contributed by atoms with Crippen LogP contribution in [0, 0.1) is 5.92 Å². The highest BCUT2D eigenvalue weighted by Gasteiger charge is 2.37. The van der Waals surface area contributed by atoms with Gasteiger partial charge < -0.3 is 16.0 Å². The minimum atomic E-state index is -0.563. The SMILES string of the molecule is CC1c2cccc(C(N)=O)c2C(=O)N1c1ccc(CC2CCNCC2)cc1. The van der Waals surface area contributed by atoms with Crippen LogP contribution in [-0.4, -0.2) is 24.9 Å². The highest BCUT2D eigenvalue weighted by Crippen LogP contribution is 2.38. The molecule has 2 amide bonds. The van der Waals surface area contributed by atoms with Crippen molar-refractivity contribution in [2.24, 2.45) is 11.7 Å². The zero-order valence-corrected chi connectivity index (χ0v) is 15.6. The zero-order chi connectivity index (χ0) is 19.0. The third-order valence-corrected chi connectivity index (χ3v) is 5.83. The first-order valence-electron chi connectivity index (χ1n) is 9.62. The number of primary amides is 1. The number of nitrogens with one attached hydrogen (secondary N) is 1. The van der Waals surface area contributed by atoms with E-state index in [-0.39, 0.29) is 11.9 Å². The average Bonchev–Trinajstić information content (AvgIpc) is 2.94. The number of hydrogen-bond acceptors (Lipinski definition) is 3. The Morgan fingerprint density at radius 3 is 2.52 bits per heavy atom. The Kier molecular flexibility index (Phi) is 4.70. The Morgan fingerprint density at radius 1 is 1.15 bits per heavy atom. The average molecular weight is 363 g/mol. The predicted octanol–water partition coefficient (Wildman–Crippen LogP) is 3.05. The van der Waals surface area contributed by atoms with Crippen LogP contribution in [0.15, 0.2) is 42.5 Å². The highest BCUT2D eigenvalue weighted by atomic mass is 16.2. The number of carbonyl (C=O) groups is 2. The van der Waals surface area contributed by atoms with Crippen LogP contribution in [-0.2, 0) is 6.42 Å². The van der Waals surface area contributed by atoms with E-state index in [2.05, 4.69) is 17.4 Å². The fourth-order valence-corrected chi connectivity index (χ4v) is 4.35. The number of amides is 2. The fourth-order valence-electron chi connectivity index (χ4n) is 4.35. The van der Waals surface area contributed by atoms with Gasteiger partial charge in [-0.15, -0.1) is 0 Å². The molecular weight excluding hydrogens is 338 g/mol. The summed E-state index contributed by atoms with van der Waals surface area (Å²) in [7, 11) is 0. The van der Waals surface area contributed by atoms with Gasteiger partial charge in [-0.2, -0.15) is 0 Å². The van der Waals surface area contributed by atoms with E-state index in [4.69, 9.17) is 5.73 Å². The van der Waals surface area contributed by atoms with E-state index in [1.165, 1.54) is 18.4 Å².